The number of rotatable bonds is 6. The van der Waals surface area contributed by atoms with Gasteiger partial charge in [0.15, 0.2) is 5.75 Å². The first-order valence-corrected chi connectivity index (χ1v) is 14.0. The van der Waals surface area contributed by atoms with Gasteiger partial charge in [0.05, 0.1) is 40.3 Å². The third kappa shape index (κ3) is 4.79. The molecule has 218 valence electrons. The van der Waals surface area contributed by atoms with Crippen molar-refractivity contribution in [2.24, 2.45) is 0 Å². The molecule has 2 N–H and O–H groups in total. The lowest BCUT2D eigenvalue weighted by Crippen LogP contribution is -2.54. The molecular weight excluding hydrogens is 557 g/mol. The lowest BCUT2D eigenvalue weighted by Gasteiger charge is -2.27. The van der Waals surface area contributed by atoms with Crippen molar-refractivity contribution in [2.45, 2.75) is 37.8 Å². The van der Waals surface area contributed by atoms with E-state index in [9.17, 15) is 23.6 Å². The van der Waals surface area contributed by atoms with Crippen LogP contribution in [0.4, 0.5) is 15.8 Å². The van der Waals surface area contributed by atoms with Gasteiger partial charge < -0.3 is 14.8 Å². The number of aromatic nitrogens is 2. The highest BCUT2D eigenvalue weighted by Crippen LogP contribution is 2.40. The van der Waals surface area contributed by atoms with E-state index in [0.29, 0.717) is 30.3 Å². The van der Waals surface area contributed by atoms with E-state index in [1.165, 1.54) is 18.2 Å². The van der Waals surface area contributed by atoms with Crippen LogP contribution >= 0.6 is 0 Å². The van der Waals surface area contributed by atoms with Gasteiger partial charge >= 0.3 is 0 Å². The normalized spacial score (nSPS) is 19.1. The molecule has 4 amide bonds. The summed E-state index contributed by atoms with van der Waals surface area (Å²) in [4.78, 5) is 52.1. The molecule has 2 fully saturated rings. The van der Waals surface area contributed by atoms with Crippen molar-refractivity contribution in [1.82, 2.24) is 20.0 Å². The number of halogens is 1. The second-order valence-corrected chi connectivity index (χ2v) is 10.7. The number of nitrogens with one attached hydrogen (secondary N) is 2. The molecule has 1 atom stereocenters. The number of hydrogen-bond donors (Lipinski definition) is 2. The van der Waals surface area contributed by atoms with Gasteiger partial charge in [0.1, 0.15) is 17.6 Å². The third-order valence-corrected chi connectivity index (χ3v) is 7.99. The van der Waals surface area contributed by atoms with Crippen LogP contribution in [0.2, 0.25) is 0 Å². The fourth-order valence-electron chi connectivity index (χ4n) is 5.90. The molecule has 12 heteroatoms. The minimum Gasteiger partial charge on any atom is -0.455 e. The van der Waals surface area contributed by atoms with Gasteiger partial charge in [-0.05, 0) is 49.6 Å². The number of hydrogen-bond acceptors (Lipinski definition) is 8. The summed E-state index contributed by atoms with van der Waals surface area (Å²) < 4.78 is 27.7. The largest absolute Gasteiger partial charge is 0.455 e. The summed E-state index contributed by atoms with van der Waals surface area (Å²) in [7, 11) is 0. The lowest BCUT2D eigenvalue weighted by molar-refractivity contribution is -0.136. The van der Waals surface area contributed by atoms with Crippen molar-refractivity contribution in [3.05, 3.63) is 77.7 Å². The molecule has 0 aliphatic carbocycles. The number of ether oxygens (including phenoxy) is 2. The molecule has 1 aromatic heterocycles. The first-order valence-electron chi connectivity index (χ1n) is 14.0. The summed E-state index contributed by atoms with van der Waals surface area (Å²) in [5.41, 5.74) is 1.84. The zero-order chi connectivity index (χ0) is 29.7. The molecule has 4 aromatic rings. The average Bonchev–Trinajstić information content (AvgIpc) is 3.52. The van der Waals surface area contributed by atoms with Crippen LogP contribution in [0.3, 0.4) is 0 Å². The zero-order valence-electron chi connectivity index (χ0n) is 22.8. The summed E-state index contributed by atoms with van der Waals surface area (Å²) in [5, 5.41) is 10.9. The number of carbonyl (C=O) groups is 4. The van der Waals surface area contributed by atoms with Gasteiger partial charge in [-0.25, -0.2) is 4.39 Å². The van der Waals surface area contributed by atoms with Gasteiger partial charge in [-0.2, -0.15) is 5.10 Å². The number of piperidine rings is 1. The van der Waals surface area contributed by atoms with E-state index in [1.807, 2.05) is 16.8 Å². The average molecular weight is 584 g/mol. The maximum atomic E-state index is 14.1. The number of fused-ring (bicyclic) bond motifs is 2. The second kappa shape index (κ2) is 10.6. The van der Waals surface area contributed by atoms with E-state index in [4.69, 9.17) is 9.47 Å². The Morgan fingerprint density at radius 3 is 2.56 bits per heavy atom. The topological polar surface area (TPSA) is 132 Å². The first-order chi connectivity index (χ1) is 20.9. The summed E-state index contributed by atoms with van der Waals surface area (Å²) in [6, 6.07) is 13.3. The first kappa shape index (κ1) is 26.8. The van der Waals surface area contributed by atoms with Gasteiger partial charge in [0.25, 0.3) is 11.8 Å². The Morgan fingerprint density at radius 2 is 1.77 bits per heavy atom. The Hall–Kier alpha value is -5.10. The van der Waals surface area contributed by atoms with Crippen molar-refractivity contribution in [3.8, 4) is 11.5 Å². The number of imide groups is 2. The molecule has 1 unspecified atom stereocenters. The Kier molecular flexibility index (Phi) is 6.62. The zero-order valence-corrected chi connectivity index (χ0v) is 22.8. The highest BCUT2D eigenvalue weighted by molar-refractivity contribution is 6.25. The second-order valence-electron chi connectivity index (χ2n) is 10.7. The molecular formula is C31H26FN5O6. The van der Waals surface area contributed by atoms with Crippen molar-refractivity contribution >= 4 is 45.9 Å². The maximum Gasteiger partial charge on any atom is 0.264 e. The van der Waals surface area contributed by atoms with Gasteiger partial charge in [-0.3, -0.25) is 34.1 Å². The number of benzene rings is 3. The van der Waals surface area contributed by atoms with Crippen LogP contribution in [-0.4, -0.2) is 57.6 Å². The van der Waals surface area contributed by atoms with E-state index in [0.717, 1.165) is 28.6 Å². The van der Waals surface area contributed by atoms with Crippen LogP contribution in [0.1, 0.15) is 52.4 Å². The smallest absolute Gasteiger partial charge is 0.264 e. The molecule has 4 heterocycles. The molecule has 3 aliphatic rings. The highest BCUT2D eigenvalue weighted by Gasteiger charge is 2.45. The molecule has 3 aromatic carbocycles. The number of nitrogens with zero attached hydrogens (tertiary/aromatic N) is 3. The maximum absolute atomic E-state index is 14.1. The fourth-order valence-corrected chi connectivity index (χ4v) is 5.90. The highest BCUT2D eigenvalue weighted by atomic mass is 19.1. The quantitative estimate of drug-likeness (QED) is 0.318. The minimum absolute atomic E-state index is 0.0251. The molecule has 0 bridgehead atoms. The predicted octanol–water partition coefficient (Wildman–Crippen LogP) is 4.46. The Morgan fingerprint density at radius 1 is 0.953 bits per heavy atom. The van der Waals surface area contributed by atoms with Crippen molar-refractivity contribution in [3.63, 3.8) is 0 Å². The third-order valence-electron chi connectivity index (χ3n) is 7.99. The van der Waals surface area contributed by atoms with Crippen LogP contribution in [-0.2, 0) is 14.3 Å². The Balaban J connectivity index is 1.28. The van der Waals surface area contributed by atoms with E-state index in [1.54, 1.807) is 30.5 Å². The van der Waals surface area contributed by atoms with Crippen molar-refractivity contribution in [2.75, 3.05) is 18.5 Å². The Labute approximate surface area is 244 Å². The molecule has 7 rings (SSSR count). The standard InChI is InChI=1S/C31H26FN5O6/c32-18-3-1-4-20(14-18)43-26-15-25-17(16-33-37(25)19-9-11-42-12-10-19)13-23(26)34-22-6-2-5-21-28(22)31(41)36(30(21)40)24-7-8-27(38)35-29(24)39/h1-6,13-16,19,24,34H,7-12H2,(H,35,38,39). The van der Waals surface area contributed by atoms with E-state index >= 15 is 0 Å². The van der Waals surface area contributed by atoms with Crippen LogP contribution < -0.4 is 15.4 Å². The summed E-state index contributed by atoms with van der Waals surface area (Å²) in [6.07, 6.45) is 3.45. The number of amides is 4. The van der Waals surface area contributed by atoms with Gasteiger partial charge in [0, 0.05) is 37.2 Å². The summed E-state index contributed by atoms with van der Waals surface area (Å²) in [6.45, 7) is 1.28. The fraction of sp³-hybridized carbons (Fsp3) is 0.258. The van der Waals surface area contributed by atoms with Gasteiger partial charge in [-0.1, -0.05) is 12.1 Å². The molecule has 11 nitrogen and oxygen atoms in total. The van der Waals surface area contributed by atoms with Crippen LogP contribution in [0.15, 0.2) is 60.8 Å². The van der Waals surface area contributed by atoms with Crippen LogP contribution in [0.25, 0.3) is 10.9 Å². The summed E-state index contributed by atoms with van der Waals surface area (Å²) in [5.74, 6) is -2.21. The minimum atomic E-state index is -1.09. The predicted molar refractivity (Wildman–Crippen MR) is 152 cm³/mol. The van der Waals surface area contributed by atoms with E-state index in [2.05, 4.69) is 15.7 Å². The van der Waals surface area contributed by atoms with E-state index in [-0.39, 0.29) is 35.8 Å². The van der Waals surface area contributed by atoms with Crippen LogP contribution in [0.5, 0.6) is 11.5 Å². The molecule has 0 saturated carbocycles. The SMILES string of the molecule is O=C1CCC(N2C(=O)c3cccc(Nc4cc5cnn(C6CCOCC6)c5cc4Oc4cccc(F)c4)c3C2=O)C(=O)N1. The summed E-state index contributed by atoms with van der Waals surface area (Å²) >= 11 is 0. The van der Waals surface area contributed by atoms with E-state index < -0.39 is 35.5 Å². The number of anilines is 2. The van der Waals surface area contributed by atoms with Gasteiger partial charge in [-0.15, -0.1) is 0 Å². The molecule has 0 radical (unpaired) electrons. The van der Waals surface area contributed by atoms with Crippen molar-refractivity contribution < 1.29 is 33.0 Å². The lowest BCUT2D eigenvalue weighted by atomic mass is 10.0. The van der Waals surface area contributed by atoms with Crippen LogP contribution in [0, 0.1) is 5.82 Å². The molecule has 43 heavy (non-hydrogen) atoms. The monoisotopic (exact) mass is 583 g/mol. The van der Waals surface area contributed by atoms with Gasteiger partial charge in [0.2, 0.25) is 11.8 Å². The van der Waals surface area contributed by atoms with Crippen molar-refractivity contribution in [1.29, 1.82) is 0 Å². The molecule has 2 saturated heterocycles. The molecule has 0 spiro atoms. The number of carbonyl (C=O) groups excluding carboxylic acids is 4. The Bertz CT molecular complexity index is 1810. The molecule has 3 aliphatic heterocycles.